The number of nitrogens with zero attached hydrogens (tertiary/aromatic N) is 3. The number of aromatic nitrogens is 2. The molecule has 0 aliphatic heterocycles. The molecular formula is C26H20BrCl2FN4O3. The van der Waals surface area contributed by atoms with E-state index in [1.807, 2.05) is 13.0 Å². The number of ether oxygens (including phenoxy) is 1. The summed E-state index contributed by atoms with van der Waals surface area (Å²) in [5.74, 6) is -0.351. The van der Waals surface area contributed by atoms with E-state index in [2.05, 4.69) is 31.3 Å². The number of rotatable bonds is 8. The molecule has 1 heterocycles. The lowest BCUT2D eigenvalue weighted by atomic mass is 10.2. The van der Waals surface area contributed by atoms with E-state index in [9.17, 15) is 14.0 Å². The van der Waals surface area contributed by atoms with Crippen LogP contribution < -0.4 is 15.6 Å². The predicted octanol–water partition coefficient (Wildman–Crippen LogP) is 6.46. The smallest absolute Gasteiger partial charge is 0.282 e. The molecule has 4 aromatic rings. The first-order chi connectivity index (χ1) is 17.7. The van der Waals surface area contributed by atoms with Gasteiger partial charge in [0.05, 0.1) is 27.2 Å². The van der Waals surface area contributed by atoms with Crippen molar-refractivity contribution in [3.63, 3.8) is 0 Å². The zero-order chi connectivity index (χ0) is 26.5. The van der Waals surface area contributed by atoms with Gasteiger partial charge >= 0.3 is 0 Å². The van der Waals surface area contributed by atoms with Crippen LogP contribution in [0.25, 0.3) is 10.9 Å². The molecule has 1 aromatic heterocycles. The molecule has 4 rings (SSSR count). The van der Waals surface area contributed by atoms with E-state index < -0.39 is 18.3 Å². The summed E-state index contributed by atoms with van der Waals surface area (Å²) in [5, 5.41) is 7.62. The van der Waals surface area contributed by atoms with Gasteiger partial charge in [-0.2, -0.15) is 9.78 Å². The van der Waals surface area contributed by atoms with Crippen molar-refractivity contribution in [2.75, 3.05) is 11.9 Å². The molecule has 0 bridgehead atoms. The van der Waals surface area contributed by atoms with E-state index in [4.69, 9.17) is 27.9 Å². The van der Waals surface area contributed by atoms with Crippen molar-refractivity contribution in [1.82, 2.24) is 9.66 Å². The summed E-state index contributed by atoms with van der Waals surface area (Å²) in [7, 11) is 0. The molecule has 3 aromatic carbocycles. The predicted molar refractivity (Wildman–Crippen MR) is 148 cm³/mol. The Morgan fingerprint density at radius 3 is 2.65 bits per heavy atom. The maximum absolute atomic E-state index is 13.3. The van der Waals surface area contributed by atoms with Crippen LogP contribution in [0.1, 0.15) is 24.7 Å². The van der Waals surface area contributed by atoms with E-state index >= 15 is 0 Å². The molecule has 0 fully saturated rings. The van der Waals surface area contributed by atoms with Crippen LogP contribution in [-0.2, 0) is 11.2 Å². The fourth-order valence-electron chi connectivity index (χ4n) is 3.52. The molecule has 0 unspecified atom stereocenters. The van der Waals surface area contributed by atoms with Gasteiger partial charge < -0.3 is 10.1 Å². The van der Waals surface area contributed by atoms with Gasteiger partial charge in [0, 0.05) is 16.6 Å². The molecule has 0 aliphatic rings. The molecule has 1 amide bonds. The Labute approximate surface area is 230 Å². The lowest BCUT2D eigenvalue weighted by Crippen LogP contribution is -2.22. The van der Waals surface area contributed by atoms with Gasteiger partial charge in [-0.3, -0.25) is 9.59 Å². The van der Waals surface area contributed by atoms with E-state index in [1.54, 1.807) is 30.3 Å². The van der Waals surface area contributed by atoms with Gasteiger partial charge in [-0.25, -0.2) is 9.37 Å². The third kappa shape index (κ3) is 6.54. The number of halogens is 4. The topological polar surface area (TPSA) is 85.6 Å². The van der Waals surface area contributed by atoms with Crippen molar-refractivity contribution in [3.05, 3.63) is 96.7 Å². The van der Waals surface area contributed by atoms with Gasteiger partial charge in [-0.1, -0.05) is 52.1 Å². The van der Waals surface area contributed by atoms with Crippen LogP contribution in [0.5, 0.6) is 5.75 Å². The zero-order valence-corrected chi connectivity index (χ0v) is 22.6. The highest BCUT2D eigenvalue weighted by Crippen LogP contribution is 2.34. The molecular weight excluding hydrogens is 586 g/mol. The summed E-state index contributed by atoms with van der Waals surface area (Å²) >= 11 is 16.1. The van der Waals surface area contributed by atoms with Gasteiger partial charge in [0.1, 0.15) is 11.6 Å². The average Bonchev–Trinajstić information content (AvgIpc) is 2.84. The van der Waals surface area contributed by atoms with Crippen LogP contribution in [0, 0.1) is 5.82 Å². The molecule has 1 N–H and O–H groups in total. The quantitative estimate of drug-likeness (QED) is 0.234. The lowest BCUT2D eigenvalue weighted by molar-refractivity contribution is -0.118. The number of amides is 1. The van der Waals surface area contributed by atoms with Crippen LogP contribution in [0.3, 0.4) is 0 Å². The third-order valence-corrected chi connectivity index (χ3v) is 6.20. The maximum atomic E-state index is 13.3. The Bertz CT molecular complexity index is 1550. The van der Waals surface area contributed by atoms with Gasteiger partial charge in [-0.15, -0.1) is 0 Å². The van der Waals surface area contributed by atoms with Crippen molar-refractivity contribution in [2.24, 2.45) is 5.10 Å². The normalized spacial score (nSPS) is 11.3. The first kappa shape index (κ1) is 26.8. The van der Waals surface area contributed by atoms with Crippen LogP contribution in [0.4, 0.5) is 10.1 Å². The Balaban J connectivity index is 1.54. The lowest BCUT2D eigenvalue weighted by Gasteiger charge is -2.11. The maximum Gasteiger partial charge on any atom is 0.282 e. The van der Waals surface area contributed by atoms with E-state index in [-0.39, 0.29) is 21.4 Å². The highest BCUT2D eigenvalue weighted by atomic mass is 79.9. The van der Waals surface area contributed by atoms with Crippen molar-refractivity contribution >= 4 is 67.8 Å². The zero-order valence-electron chi connectivity index (χ0n) is 19.5. The summed E-state index contributed by atoms with van der Waals surface area (Å²) in [6, 6.07) is 13.9. The Kier molecular flexibility index (Phi) is 8.58. The highest BCUT2D eigenvalue weighted by Gasteiger charge is 2.14. The fraction of sp³-hybridized carbons (Fsp3) is 0.154. The van der Waals surface area contributed by atoms with Crippen LogP contribution in [0.2, 0.25) is 10.0 Å². The first-order valence-electron chi connectivity index (χ1n) is 11.2. The second-order valence-electron chi connectivity index (χ2n) is 7.96. The summed E-state index contributed by atoms with van der Waals surface area (Å²) < 4.78 is 20.8. The molecule has 37 heavy (non-hydrogen) atoms. The minimum absolute atomic E-state index is 0.107. The average molecular weight is 606 g/mol. The van der Waals surface area contributed by atoms with Crippen molar-refractivity contribution < 1.29 is 13.9 Å². The Morgan fingerprint density at radius 1 is 1.19 bits per heavy atom. The minimum Gasteiger partial charge on any atom is -0.481 e. The fourth-order valence-corrected chi connectivity index (χ4v) is 4.49. The molecule has 0 saturated carbocycles. The first-order valence-corrected chi connectivity index (χ1v) is 12.7. The third-order valence-electron chi connectivity index (χ3n) is 5.15. The van der Waals surface area contributed by atoms with Crippen molar-refractivity contribution in [1.29, 1.82) is 0 Å². The number of aryl methyl sites for hydroxylation is 1. The number of carbonyl (C=O) groups is 1. The number of benzene rings is 3. The molecule has 0 saturated heterocycles. The molecule has 0 atom stereocenters. The van der Waals surface area contributed by atoms with Gasteiger partial charge in [0.25, 0.3) is 11.5 Å². The van der Waals surface area contributed by atoms with Gasteiger partial charge in [0.2, 0.25) is 0 Å². The molecule has 7 nitrogen and oxygen atoms in total. The molecule has 0 radical (unpaired) electrons. The molecule has 0 aliphatic carbocycles. The van der Waals surface area contributed by atoms with Gasteiger partial charge in [0.15, 0.2) is 12.4 Å². The van der Waals surface area contributed by atoms with Crippen LogP contribution in [0.15, 0.2) is 69.0 Å². The summed E-state index contributed by atoms with van der Waals surface area (Å²) in [6.45, 7) is 1.60. The second kappa shape index (κ2) is 11.9. The number of fused-ring (bicyclic) bond motifs is 1. The Morgan fingerprint density at radius 2 is 1.95 bits per heavy atom. The minimum atomic E-state index is -0.512. The number of anilines is 1. The number of nitrogens with one attached hydrogen (secondary N) is 1. The van der Waals surface area contributed by atoms with Crippen molar-refractivity contribution in [3.8, 4) is 5.75 Å². The van der Waals surface area contributed by atoms with Crippen molar-refractivity contribution in [2.45, 2.75) is 19.8 Å². The summed E-state index contributed by atoms with van der Waals surface area (Å²) in [6.07, 6.45) is 2.79. The van der Waals surface area contributed by atoms with E-state index in [0.717, 1.165) is 10.9 Å². The molecule has 190 valence electrons. The van der Waals surface area contributed by atoms with Crippen LogP contribution in [-0.4, -0.2) is 28.4 Å². The second-order valence-corrected chi connectivity index (χ2v) is 9.69. The Hall–Kier alpha value is -3.27. The standard InChI is InChI=1S/C26H20BrCl2FN4O3/c1-2-4-23-33-22-8-7-16(27)11-19(22)26(36)34(23)31-13-15-9-20(28)25(21(29)10-15)37-14-24(35)32-18-6-3-5-17(30)12-18/h3,5-13H,2,4,14H2,1H3,(H,32,35). The van der Waals surface area contributed by atoms with E-state index in [0.29, 0.717) is 34.4 Å². The SMILES string of the molecule is CCCc1nc2ccc(Br)cc2c(=O)n1N=Cc1cc(Cl)c(OCC(=O)Nc2cccc(F)c2)c(Cl)c1. The number of carbonyl (C=O) groups excluding carboxylic acids is 1. The van der Waals surface area contributed by atoms with Gasteiger partial charge in [-0.05, 0) is 60.5 Å². The monoisotopic (exact) mass is 604 g/mol. The van der Waals surface area contributed by atoms with Crippen LogP contribution >= 0.6 is 39.1 Å². The highest BCUT2D eigenvalue weighted by molar-refractivity contribution is 9.10. The summed E-state index contributed by atoms with van der Waals surface area (Å²) in [5.41, 5.74) is 1.10. The van der Waals surface area contributed by atoms with E-state index in [1.165, 1.54) is 29.1 Å². The summed E-state index contributed by atoms with van der Waals surface area (Å²) in [4.78, 5) is 29.9. The largest absolute Gasteiger partial charge is 0.481 e. The molecule has 11 heteroatoms. The number of hydrogen-bond acceptors (Lipinski definition) is 5. The number of hydrogen-bond donors (Lipinski definition) is 1. The molecule has 0 spiro atoms.